The number of ketones is 1. The second-order valence-electron chi connectivity index (χ2n) is 10.9. The van der Waals surface area contributed by atoms with E-state index in [9.17, 15) is 9.59 Å². The quantitative estimate of drug-likeness (QED) is 0.0892. The molecule has 1 aliphatic rings. The molecule has 1 aliphatic heterocycles. The van der Waals surface area contributed by atoms with Crippen molar-refractivity contribution in [3.8, 4) is 11.5 Å². The summed E-state index contributed by atoms with van der Waals surface area (Å²) < 4.78 is 18.7. The van der Waals surface area contributed by atoms with E-state index in [2.05, 4.69) is 15.9 Å². The number of esters is 1. The molecular formula is C35H42N4O5. The van der Waals surface area contributed by atoms with Crippen molar-refractivity contribution in [1.29, 1.82) is 0 Å². The molecule has 0 aliphatic carbocycles. The third-order valence-corrected chi connectivity index (χ3v) is 8.07. The Labute approximate surface area is 259 Å². The topological polar surface area (TPSA) is 99.3 Å². The fourth-order valence-corrected chi connectivity index (χ4v) is 5.77. The number of carbonyl (C=O) groups excluding carboxylic acids is 2. The van der Waals surface area contributed by atoms with Crippen LogP contribution >= 0.6 is 0 Å². The lowest BCUT2D eigenvalue weighted by molar-refractivity contribution is -0.143. The Hall–Kier alpha value is -4.50. The van der Waals surface area contributed by atoms with Gasteiger partial charge in [-0.2, -0.15) is 0 Å². The molecule has 0 bridgehead atoms. The van der Waals surface area contributed by atoms with Gasteiger partial charge < -0.3 is 29.4 Å². The summed E-state index contributed by atoms with van der Waals surface area (Å²) in [5.41, 5.74) is 9.98. The van der Waals surface area contributed by atoms with Gasteiger partial charge in [0.05, 0.1) is 31.7 Å². The van der Waals surface area contributed by atoms with Gasteiger partial charge in [-0.15, -0.1) is 0 Å². The predicted octanol–water partition coefficient (Wildman–Crippen LogP) is 5.40. The van der Waals surface area contributed by atoms with Crippen molar-refractivity contribution in [1.82, 2.24) is 9.47 Å². The van der Waals surface area contributed by atoms with Crippen molar-refractivity contribution >= 4 is 34.0 Å². The number of nitrogens with zero attached hydrogens (tertiary/aromatic N) is 3. The first-order valence-electron chi connectivity index (χ1n) is 15.4. The maximum Gasteiger partial charge on any atom is 0.305 e. The molecule has 5 rings (SSSR count). The normalized spacial score (nSPS) is 13.6. The van der Waals surface area contributed by atoms with E-state index in [1.54, 1.807) is 32.2 Å². The molecule has 1 aromatic heterocycles. The lowest BCUT2D eigenvalue weighted by Crippen LogP contribution is -2.46. The predicted molar refractivity (Wildman–Crippen MR) is 174 cm³/mol. The first-order valence-corrected chi connectivity index (χ1v) is 15.4. The number of methoxy groups -OCH3 is 1. The molecule has 0 amide bonds. The van der Waals surface area contributed by atoms with Gasteiger partial charge >= 0.3 is 5.97 Å². The highest BCUT2D eigenvalue weighted by Crippen LogP contribution is 2.30. The first kappa shape index (κ1) is 30.9. The van der Waals surface area contributed by atoms with Gasteiger partial charge in [-0.25, -0.2) is 0 Å². The first-order chi connectivity index (χ1) is 21.5. The number of nitrogen functional groups attached to an aromatic ring is 1. The number of para-hydroxylation sites is 3. The van der Waals surface area contributed by atoms with Crippen LogP contribution in [0.2, 0.25) is 0 Å². The lowest BCUT2D eigenvalue weighted by Gasteiger charge is -2.36. The number of carbonyl (C=O) groups is 2. The number of aryl methyl sites for hydroxylation is 1. The minimum Gasteiger partial charge on any atom is -0.495 e. The van der Waals surface area contributed by atoms with Crippen molar-refractivity contribution in [2.75, 3.05) is 63.7 Å². The number of fused-ring (bicyclic) bond motifs is 1. The molecule has 0 saturated carbocycles. The average molecular weight is 599 g/mol. The molecule has 3 aromatic carbocycles. The van der Waals surface area contributed by atoms with Gasteiger partial charge in [0.2, 0.25) is 0 Å². The Bertz CT molecular complexity index is 1570. The van der Waals surface area contributed by atoms with Crippen LogP contribution in [-0.4, -0.2) is 74.3 Å². The lowest BCUT2D eigenvalue weighted by atomic mass is 10.0. The molecule has 4 aromatic rings. The molecule has 1 fully saturated rings. The molecule has 9 heteroatoms. The molecule has 1 saturated heterocycles. The highest BCUT2D eigenvalue weighted by Gasteiger charge is 2.20. The smallest absolute Gasteiger partial charge is 0.305 e. The van der Waals surface area contributed by atoms with E-state index in [0.717, 1.165) is 61.5 Å². The van der Waals surface area contributed by atoms with Crippen molar-refractivity contribution in [2.24, 2.45) is 0 Å². The number of ether oxygens (including phenoxy) is 3. The Morgan fingerprint density at radius 2 is 1.66 bits per heavy atom. The summed E-state index contributed by atoms with van der Waals surface area (Å²) in [6.07, 6.45) is 3.69. The van der Waals surface area contributed by atoms with E-state index in [-0.39, 0.29) is 11.8 Å². The van der Waals surface area contributed by atoms with Crippen LogP contribution in [0.3, 0.4) is 0 Å². The summed E-state index contributed by atoms with van der Waals surface area (Å²) in [5.74, 6) is 1.13. The number of hydrogen-bond acceptors (Lipinski definition) is 8. The molecule has 0 unspecified atom stereocenters. The number of benzene rings is 3. The average Bonchev–Trinajstić information content (AvgIpc) is 3.42. The zero-order valence-corrected chi connectivity index (χ0v) is 25.7. The van der Waals surface area contributed by atoms with E-state index in [0.29, 0.717) is 55.2 Å². The van der Waals surface area contributed by atoms with Gasteiger partial charge in [0.1, 0.15) is 11.5 Å². The molecule has 232 valence electrons. The number of nitrogens with two attached hydrogens (primary N) is 1. The number of aromatic nitrogens is 1. The van der Waals surface area contributed by atoms with E-state index in [4.69, 9.17) is 19.9 Å². The molecule has 44 heavy (non-hydrogen) atoms. The van der Waals surface area contributed by atoms with E-state index < -0.39 is 0 Å². The molecule has 0 radical (unpaired) electrons. The third-order valence-electron chi connectivity index (χ3n) is 8.07. The molecule has 2 N–H and O–H groups in total. The van der Waals surface area contributed by atoms with E-state index in [1.165, 1.54) is 0 Å². The second-order valence-corrected chi connectivity index (χ2v) is 10.9. The van der Waals surface area contributed by atoms with E-state index >= 15 is 0 Å². The zero-order valence-electron chi connectivity index (χ0n) is 25.7. The summed E-state index contributed by atoms with van der Waals surface area (Å²) in [6.45, 7) is 8.05. The summed E-state index contributed by atoms with van der Waals surface area (Å²) >= 11 is 0. The van der Waals surface area contributed by atoms with Gasteiger partial charge in [-0.1, -0.05) is 30.3 Å². The van der Waals surface area contributed by atoms with Gasteiger partial charge in [0.15, 0.2) is 5.78 Å². The second kappa shape index (κ2) is 14.8. The van der Waals surface area contributed by atoms with Crippen LogP contribution in [0.25, 0.3) is 10.9 Å². The molecular weight excluding hydrogens is 556 g/mol. The molecule has 9 nitrogen and oxygen atoms in total. The Morgan fingerprint density at radius 3 is 2.45 bits per heavy atom. The zero-order chi connectivity index (χ0) is 30.9. The van der Waals surface area contributed by atoms with Crippen LogP contribution in [-0.2, 0) is 16.1 Å². The van der Waals surface area contributed by atoms with Gasteiger partial charge in [-0.05, 0) is 56.2 Å². The van der Waals surface area contributed by atoms with Gasteiger partial charge in [0.25, 0.3) is 0 Å². The van der Waals surface area contributed by atoms with Crippen molar-refractivity contribution in [2.45, 2.75) is 32.7 Å². The van der Waals surface area contributed by atoms with Gasteiger partial charge in [0, 0.05) is 73.9 Å². The van der Waals surface area contributed by atoms with Crippen LogP contribution < -0.4 is 20.1 Å². The standard InChI is InChI=1S/C35H42N4O5/c1-3-43-34(40)14-8-18-39-25-28(27-10-4-5-11-30(27)39)35(41)26-15-16-29(36)33(24-26)44-23-9-17-37-19-21-38(22-20-37)31-12-6-7-13-32(31)42-2/h4-7,10-13,15-16,24-25H,3,8-9,14,17-23,36H2,1-2H3. The van der Waals surface area contributed by atoms with Crippen LogP contribution in [0.5, 0.6) is 11.5 Å². The Morgan fingerprint density at radius 1 is 0.886 bits per heavy atom. The minimum absolute atomic E-state index is 0.0943. The van der Waals surface area contributed by atoms with Crippen LogP contribution in [0.15, 0.2) is 72.9 Å². The minimum atomic E-state index is -0.207. The van der Waals surface area contributed by atoms with Crippen LogP contribution in [0, 0.1) is 0 Å². The monoisotopic (exact) mass is 598 g/mol. The SMILES string of the molecule is CCOC(=O)CCCn1cc(C(=O)c2ccc(N)c(OCCCN3CCN(c4ccccc4OC)CC3)c2)c2ccccc21. The molecule has 0 atom stereocenters. The summed E-state index contributed by atoms with van der Waals surface area (Å²) in [5, 5.41) is 0.874. The number of hydrogen-bond donors (Lipinski definition) is 1. The van der Waals surface area contributed by atoms with E-state index in [1.807, 2.05) is 53.2 Å². The third kappa shape index (κ3) is 7.34. The van der Waals surface area contributed by atoms with Crippen molar-refractivity contribution in [3.05, 3.63) is 84.1 Å². The highest BCUT2D eigenvalue weighted by atomic mass is 16.5. The fraction of sp³-hybridized carbons (Fsp3) is 0.371. The largest absolute Gasteiger partial charge is 0.495 e. The van der Waals surface area contributed by atoms with Crippen molar-refractivity contribution in [3.63, 3.8) is 0 Å². The Kier molecular flexibility index (Phi) is 10.4. The molecule has 0 spiro atoms. The highest BCUT2D eigenvalue weighted by molar-refractivity contribution is 6.16. The summed E-state index contributed by atoms with van der Waals surface area (Å²) in [4.78, 5) is 30.3. The molecule has 2 heterocycles. The Balaban J connectivity index is 1.16. The summed E-state index contributed by atoms with van der Waals surface area (Å²) in [7, 11) is 1.71. The van der Waals surface area contributed by atoms with Gasteiger partial charge in [-0.3, -0.25) is 14.5 Å². The number of piperazine rings is 1. The fourth-order valence-electron chi connectivity index (χ4n) is 5.77. The number of rotatable bonds is 14. The van der Waals surface area contributed by atoms with Crippen LogP contribution in [0.1, 0.15) is 42.1 Å². The maximum absolute atomic E-state index is 13.7. The van der Waals surface area contributed by atoms with Crippen LogP contribution in [0.4, 0.5) is 11.4 Å². The maximum atomic E-state index is 13.7. The summed E-state index contributed by atoms with van der Waals surface area (Å²) in [6, 6.07) is 21.2. The van der Waals surface area contributed by atoms with Crippen molar-refractivity contribution < 1.29 is 23.8 Å². The number of anilines is 2.